The molecule has 0 spiro atoms. The maximum absolute atomic E-state index is 12.3. The topological polar surface area (TPSA) is 104 Å². The molecular formula is C16H17BrN2O5. The average molecular weight is 397 g/mol. The molecule has 0 aromatic heterocycles. The zero-order valence-corrected chi connectivity index (χ0v) is 14.6. The highest BCUT2D eigenvalue weighted by Crippen LogP contribution is 2.26. The van der Waals surface area contributed by atoms with Crippen molar-refractivity contribution in [1.29, 1.82) is 0 Å². The van der Waals surface area contributed by atoms with E-state index in [-0.39, 0.29) is 37.6 Å². The minimum absolute atomic E-state index is 0.0425. The Morgan fingerprint density at radius 3 is 2.54 bits per heavy atom. The molecule has 1 atom stereocenters. The van der Waals surface area contributed by atoms with Gasteiger partial charge in [-0.2, -0.15) is 0 Å². The van der Waals surface area contributed by atoms with Crippen LogP contribution in [0.4, 0.5) is 0 Å². The van der Waals surface area contributed by atoms with E-state index in [2.05, 4.69) is 21.2 Å². The van der Waals surface area contributed by atoms with Crippen LogP contribution in [-0.4, -0.2) is 46.3 Å². The van der Waals surface area contributed by atoms with Gasteiger partial charge in [0.25, 0.3) is 11.8 Å². The van der Waals surface area contributed by atoms with E-state index < -0.39 is 17.9 Å². The molecule has 0 saturated carbocycles. The first-order valence-corrected chi connectivity index (χ1v) is 8.32. The van der Waals surface area contributed by atoms with Crippen molar-refractivity contribution in [3.63, 3.8) is 0 Å². The molecule has 1 aromatic carbocycles. The number of rotatable bonds is 7. The number of carbonyl (C=O) groups is 4. The van der Waals surface area contributed by atoms with Gasteiger partial charge in [-0.3, -0.25) is 19.3 Å². The van der Waals surface area contributed by atoms with Crippen LogP contribution in [0.2, 0.25) is 0 Å². The first-order chi connectivity index (χ1) is 11.3. The number of hydrogen-bond donors (Lipinski definition) is 2. The fourth-order valence-corrected chi connectivity index (χ4v) is 2.83. The van der Waals surface area contributed by atoms with Crippen LogP contribution < -0.4 is 5.32 Å². The molecule has 1 heterocycles. The summed E-state index contributed by atoms with van der Waals surface area (Å²) >= 11 is 3.26. The predicted octanol–water partition coefficient (Wildman–Crippen LogP) is 1.80. The van der Waals surface area contributed by atoms with Gasteiger partial charge >= 0.3 is 5.97 Å². The van der Waals surface area contributed by atoms with Crippen molar-refractivity contribution in [2.75, 3.05) is 6.54 Å². The van der Waals surface area contributed by atoms with Crippen molar-refractivity contribution in [2.24, 2.45) is 0 Å². The number of imide groups is 1. The second kappa shape index (κ2) is 7.57. The standard InChI is InChI=1S/C16H17BrN2O5/c1-2-12(16(23)24)18-13(20)4-3-7-19-14(21)10-6-5-9(17)8-11(10)15(19)22/h5-6,8,12H,2-4,7H2,1H3,(H,18,20)(H,23,24). The van der Waals surface area contributed by atoms with Gasteiger partial charge in [0, 0.05) is 17.4 Å². The summed E-state index contributed by atoms with van der Waals surface area (Å²) in [6, 6.07) is 3.96. The van der Waals surface area contributed by atoms with Crippen LogP contribution in [0.5, 0.6) is 0 Å². The third-order valence-electron chi connectivity index (χ3n) is 3.76. The Morgan fingerprint density at radius 1 is 1.25 bits per heavy atom. The molecule has 2 rings (SSSR count). The Kier molecular flexibility index (Phi) is 5.71. The Bertz CT molecular complexity index is 704. The largest absolute Gasteiger partial charge is 0.480 e. The van der Waals surface area contributed by atoms with E-state index in [1.165, 1.54) is 0 Å². The molecule has 1 aliphatic rings. The molecule has 3 amide bonds. The summed E-state index contributed by atoms with van der Waals surface area (Å²) in [5.74, 6) is -2.26. The van der Waals surface area contributed by atoms with Crippen molar-refractivity contribution in [3.05, 3.63) is 33.8 Å². The van der Waals surface area contributed by atoms with Crippen LogP contribution in [0, 0.1) is 0 Å². The summed E-state index contributed by atoms with van der Waals surface area (Å²) in [4.78, 5) is 48.2. The van der Waals surface area contributed by atoms with E-state index in [0.29, 0.717) is 15.6 Å². The van der Waals surface area contributed by atoms with Crippen LogP contribution >= 0.6 is 15.9 Å². The Labute approximate surface area is 147 Å². The molecule has 1 aliphatic heterocycles. The molecule has 0 radical (unpaired) electrons. The fourth-order valence-electron chi connectivity index (χ4n) is 2.47. The number of halogens is 1. The van der Waals surface area contributed by atoms with Gasteiger partial charge < -0.3 is 10.4 Å². The second-order valence-corrected chi connectivity index (χ2v) is 6.34. The summed E-state index contributed by atoms with van der Waals surface area (Å²) in [5, 5.41) is 11.3. The van der Waals surface area contributed by atoms with Crippen LogP contribution in [0.3, 0.4) is 0 Å². The first kappa shape index (κ1) is 18.1. The number of fused-ring (bicyclic) bond motifs is 1. The molecule has 2 N–H and O–H groups in total. The second-order valence-electron chi connectivity index (χ2n) is 5.42. The Morgan fingerprint density at radius 2 is 1.92 bits per heavy atom. The number of nitrogens with zero attached hydrogens (tertiary/aromatic N) is 1. The number of carboxylic acid groups (broad SMARTS) is 1. The van der Waals surface area contributed by atoms with E-state index in [4.69, 9.17) is 5.11 Å². The van der Waals surface area contributed by atoms with Gasteiger partial charge in [-0.15, -0.1) is 0 Å². The quantitative estimate of drug-likeness (QED) is 0.683. The van der Waals surface area contributed by atoms with Crippen LogP contribution in [0.1, 0.15) is 46.9 Å². The van der Waals surface area contributed by atoms with Gasteiger partial charge in [-0.25, -0.2) is 4.79 Å². The third kappa shape index (κ3) is 3.81. The number of carboxylic acids is 1. The normalized spacial score (nSPS) is 14.5. The lowest BCUT2D eigenvalue weighted by molar-refractivity contribution is -0.141. The van der Waals surface area contributed by atoms with Gasteiger partial charge in [0.2, 0.25) is 5.91 Å². The number of amides is 3. The van der Waals surface area contributed by atoms with E-state index in [9.17, 15) is 19.2 Å². The fraction of sp³-hybridized carbons (Fsp3) is 0.375. The molecule has 0 saturated heterocycles. The molecule has 0 aliphatic carbocycles. The van der Waals surface area contributed by atoms with Crippen molar-refractivity contribution in [2.45, 2.75) is 32.2 Å². The lowest BCUT2D eigenvalue weighted by Crippen LogP contribution is -2.40. The molecule has 1 aromatic rings. The number of benzene rings is 1. The first-order valence-electron chi connectivity index (χ1n) is 7.53. The predicted molar refractivity (Wildman–Crippen MR) is 88.6 cm³/mol. The molecule has 24 heavy (non-hydrogen) atoms. The van der Waals surface area contributed by atoms with Crippen molar-refractivity contribution in [3.8, 4) is 0 Å². The molecule has 8 heteroatoms. The van der Waals surface area contributed by atoms with Crippen LogP contribution in [-0.2, 0) is 9.59 Å². The summed E-state index contributed by atoms with van der Waals surface area (Å²) in [6.07, 6.45) is 0.601. The van der Waals surface area contributed by atoms with Gasteiger partial charge in [-0.1, -0.05) is 22.9 Å². The maximum atomic E-state index is 12.3. The average Bonchev–Trinajstić information content (AvgIpc) is 2.76. The van der Waals surface area contributed by atoms with E-state index >= 15 is 0 Å². The lowest BCUT2D eigenvalue weighted by Gasteiger charge is -2.15. The molecular weight excluding hydrogens is 380 g/mol. The van der Waals surface area contributed by atoms with E-state index in [1.54, 1.807) is 25.1 Å². The highest BCUT2D eigenvalue weighted by atomic mass is 79.9. The molecule has 0 bridgehead atoms. The van der Waals surface area contributed by atoms with Crippen LogP contribution in [0.15, 0.2) is 22.7 Å². The Balaban J connectivity index is 1.90. The monoisotopic (exact) mass is 396 g/mol. The van der Waals surface area contributed by atoms with Gasteiger partial charge in [-0.05, 0) is 31.0 Å². The summed E-state index contributed by atoms with van der Waals surface area (Å²) in [5.41, 5.74) is 0.695. The van der Waals surface area contributed by atoms with Gasteiger partial charge in [0.15, 0.2) is 0 Å². The molecule has 7 nitrogen and oxygen atoms in total. The van der Waals surface area contributed by atoms with Gasteiger partial charge in [0.05, 0.1) is 11.1 Å². The number of aliphatic carboxylic acids is 1. The smallest absolute Gasteiger partial charge is 0.326 e. The SMILES string of the molecule is CCC(NC(=O)CCCN1C(=O)c2ccc(Br)cc2C1=O)C(=O)O. The van der Waals surface area contributed by atoms with Gasteiger partial charge in [0.1, 0.15) is 6.04 Å². The summed E-state index contributed by atoms with van der Waals surface area (Å²) in [7, 11) is 0. The minimum Gasteiger partial charge on any atom is -0.480 e. The zero-order valence-electron chi connectivity index (χ0n) is 13.0. The number of nitrogens with one attached hydrogen (secondary N) is 1. The summed E-state index contributed by atoms with van der Waals surface area (Å²) < 4.78 is 0.711. The maximum Gasteiger partial charge on any atom is 0.326 e. The minimum atomic E-state index is -1.09. The highest BCUT2D eigenvalue weighted by molar-refractivity contribution is 9.10. The van der Waals surface area contributed by atoms with E-state index in [0.717, 1.165) is 4.90 Å². The van der Waals surface area contributed by atoms with Crippen molar-refractivity contribution < 1.29 is 24.3 Å². The number of carbonyl (C=O) groups excluding carboxylic acids is 3. The molecule has 0 fully saturated rings. The van der Waals surface area contributed by atoms with E-state index in [1.807, 2.05) is 0 Å². The zero-order chi connectivity index (χ0) is 17.9. The van der Waals surface area contributed by atoms with Crippen LogP contribution in [0.25, 0.3) is 0 Å². The third-order valence-corrected chi connectivity index (χ3v) is 4.25. The van der Waals surface area contributed by atoms with Crippen molar-refractivity contribution >= 4 is 39.6 Å². The number of hydrogen-bond acceptors (Lipinski definition) is 4. The highest BCUT2D eigenvalue weighted by Gasteiger charge is 2.35. The lowest BCUT2D eigenvalue weighted by atomic mass is 10.1. The molecule has 128 valence electrons. The van der Waals surface area contributed by atoms with Crippen molar-refractivity contribution in [1.82, 2.24) is 10.2 Å². The summed E-state index contributed by atoms with van der Waals surface area (Å²) in [6.45, 7) is 1.78. The Hall–Kier alpha value is -2.22. The molecule has 1 unspecified atom stereocenters.